The summed E-state index contributed by atoms with van der Waals surface area (Å²) >= 11 is 1.22. The molecule has 0 saturated heterocycles. The van der Waals surface area contributed by atoms with Gasteiger partial charge in [0.05, 0.1) is 25.5 Å². The molecule has 4 aromatic rings. The van der Waals surface area contributed by atoms with Crippen LogP contribution in [0.3, 0.4) is 0 Å². The highest BCUT2D eigenvalue weighted by atomic mass is 32.2. The first kappa shape index (κ1) is 22.8. The maximum atomic E-state index is 13.5. The Balaban J connectivity index is 1.72. The number of nitrogens with zero attached hydrogens (tertiary/aromatic N) is 3. The Morgan fingerprint density at radius 3 is 2.39 bits per heavy atom. The molecular formula is C23H23N3O5S2. The zero-order chi connectivity index (χ0) is 23.8. The topological polar surface area (TPSA) is 94.8 Å². The molecule has 0 bridgehead atoms. The molecule has 0 atom stereocenters. The van der Waals surface area contributed by atoms with Crippen molar-refractivity contribution in [2.45, 2.75) is 18.7 Å². The van der Waals surface area contributed by atoms with Crippen LogP contribution in [0.15, 0.2) is 57.3 Å². The molecule has 0 spiro atoms. The highest BCUT2D eigenvalue weighted by molar-refractivity contribution is 7.93. The number of hydrogen-bond acceptors (Lipinski definition) is 8. The molecule has 0 amide bonds. The van der Waals surface area contributed by atoms with Crippen LogP contribution < -0.4 is 13.8 Å². The normalized spacial score (nSPS) is 11.4. The van der Waals surface area contributed by atoms with Gasteiger partial charge in [0.25, 0.3) is 15.9 Å². The van der Waals surface area contributed by atoms with E-state index in [2.05, 4.69) is 10.1 Å². The molecular weight excluding hydrogens is 462 g/mol. The highest BCUT2D eigenvalue weighted by Crippen LogP contribution is 2.37. The van der Waals surface area contributed by atoms with Crippen molar-refractivity contribution < 1.29 is 22.4 Å². The minimum atomic E-state index is -3.86. The van der Waals surface area contributed by atoms with E-state index in [9.17, 15) is 8.42 Å². The molecule has 0 fully saturated rings. The summed E-state index contributed by atoms with van der Waals surface area (Å²) in [6.07, 6.45) is 0. The number of aryl methyl sites for hydroxylation is 2. The molecule has 0 N–H and O–H groups in total. The quantitative estimate of drug-likeness (QED) is 0.366. The Hall–Kier alpha value is -3.37. The maximum Gasteiger partial charge on any atom is 0.269 e. The second-order valence-electron chi connectivity index (χ2n) is 7.42. The molecule has 2 aromatic heterocycles. The van der Waals surface area contributed by atoms with Gasteiger partial charge < -0.3 is 14.0 Å². The lowest BCUT2D eigenvalue weighted by Crippen LogP contribution is -2.26. The third-order valence-corrected chi connectivity index (χ3v) is 7.97. The van der Waals surface area contributed by atoms with Gasteiger partial charge in [-0.2, -0.15) is 4.98 Å². The summed E-state index contributed by atoms with van der Waals surface area (Å²) in [5, 5.41) is 5.74. The molecule has 0 aliphatic rings. The Morgan fingerprint density at radius 1 is 1.00 bits per heavy atom. The molecule has 0 aliphatic heterocycles. The number of ether oxygens (including phenoxy) is 2. The van der Waals surface area contributed by atoms with Crippen molar-refractivity contribution in [1.82, 2.24) is 10.1 Å². The van der Waals surface area contributed by atoms with Crippen molar-refractivity contribution in [3.05, 3.63) is 59.0 Å². The van der Waals surface area contributed by atoms with Crippen LogP contribution >= 0.6 is 11.3 Å². The third kappa shape index (κ3) is 4.31. The minimum Gasteiger partial charge on any atom is -0.497 e. The van der Waals surface area contributed by atoms with E-state index in [0.29, 0.717) is 27.6 Å². The Labute approximate surface area is 196 Å². The molecule has 2 heterocycles. The SMILES string of the molecule is COc1ccc(-c2noc(-c3sccc3S(=O)(=O)N(C)c3cc(C)cc(C)c3)n2)c(OC)c1. The van der Waals surface area contributed by atoms with Crippen LogP contribution in [0.2, 0.25) is 0 Å². The Morgan fingerprint density at radius 2 is 1.73 bits per heavy atom. The predicted molar refractivity (Wildman–Crippen MR) is 128 cm³/mol. The summed E-state index contributed by atoms with van der Waals surface area (Å²) < 4.78 is 44.3. The van der Waals surface area contributed by atoms with Crippen LogP contribution in [-0.2, 0) is 10.0 Å². The van der Waals surface area contributed by atoms with Gasteiger partial charge in [0.2, 0.25) is 5.82 Å². The summed E-state index contributed by atoms with van der Waals surface area (Å²) in [6.45, 7) is 3.86. The van der Waals surface area contributed by atoms with Gasteiger partial charge in [-0.15, -0.1) is 11.3 Å². The fraction of sp³-hybridized carbons (Fsp3) is 0.217. The summed E-state index contributed by atoms with van der Waals surface area (Å²) in [7, 11) is 0.769. The van der Waals surface area contributed by atoms with Gasteiger partial charge in [-0.25, -0.2) is 8.42 Å². The summed E-state index contributed by atoms with van der Waals surface area (Å²) in [5.41, 5.74) is 3.14. The molecule has 10 heteroatoms. The molecule has 172 valence electrons. The van der Waals surface area contributed by atoms with Crippen LogP contribution in [0, 0.1) is 13.8 Å². The van der Waals surface area contributed by atoms with Gasteiger partial charge >= 0.3 is 0 Å². The summed E-state index contributed by atoms with van der Waals surface area (Å²) in [4.78, 5) is 4.93. The van der Waals surface area contributed by atoms with E-state index in [1.165, 1.54) is 29.8 Å². The lowest BCUT2D eigenvalue weighted by molar-refractivity contribution is 0.394. The summed E-state index contributed by atoms with van der Waals surface area (Å²) in [5.74, 6) is 1.53. The number of thiophene rings is 1. The van der Waals surface area contributed by atoms with Crippen molar-refractivity contribution in [2.24, 2.45) is 0 Å². The molecule has 2 aromatic carbocycles. The van der Waals surface area contributed by atoms with E-state index in [-0.39, 0.29) is 16.6 Å². The largest absolute Gasteiger partial charge is 0.497 e. The van der Waals surface area contributed by atoms with E-state index in [1.54, 1.807) is 36.8 Å². The molecule has 0 aliphatic carbocycles. The number of anilines is 1. The smallest absolute Gasteiger partial charge is 0.269 e. The van der Waals surface area contributed by atoms with Crippen LogP contribution in [0.5, 0.6) is 11.5 Å². The first-order valence-corrected chi connectivity index (χ1v) is 12.3. The van der Waals surface area contributed by atoms with Crippen LogP contribution in [-0.4, -0.2) is 39.8 Å². The molecule has 4 rings (SSSR count). The van der Waals surface area contributed by atoms with Gasteiger partial charge in [-0.3, -0.25) is 4.31 Å². The van der Waals surface area contributed by atoms with Crippen LogP contribution in [0.1, 0.15) is 11.1 Å². The molecule has 33 heavy (non-hydrogen) atoms. The first-order valence-electron chi connectivity index (χ1n) is 9.96. The van der Waals surface area contributed by atoms with Gasteiger partial charge in [0.15, 0.2) is 0 Å². The number of aromatic nitrogens is 2. The van der Waals surface area contributed by atoms with E-state index in [1.807, 2.05) is 32.0 Å². The lowest BCUT2D eigenvalue weighted by Gasteiger charge is -2.20. The highest BCUT2D eigenvalue weighted by Gasteiger charge is 2.29. The number of hydrogen-bond donors (Lipinski definition) is 0. The number of rotatable bonds is 7. The first-order chi connectivity index (χ1) is 15.7. The standard InChI is InChI=1S/C23H23N3O5S2/c1-14-10-15(2)12-16(11-14)26(3)33(27,28)20-8-9-32-21(20)23-24-22(25-31-23)18-7-6-17(29-4)13-19(18)30-5/h6-13H,1-5H3. The van der Waals surface area contributed by atoms with Gasteiger partial charge in [-0.05, 0) is 60.7 Å². The molecule has 0 radical (unpaired) electrons. The van der Waals surface area contributed by atoms with Gasteiger partial charge in [-0.1, -0.05) is 11.2 Å². The fourth-order valence-corrected chi connectivity index (χ4v) is 5.98. The zero-order valence-corrected chi connectivity index (χ0v) is 20.5. The van der Waals surface area contributed by atoms with Crippen molar-refractivity contribution in [3.63, 3.8) is 0 Å². The maximum absolute atomic E-state index is 13.5. The van der Waals surface area contributed by atoms with Crippen LogP contribution in [0.4, 0.5) is 5.69 Å². The molecule has 0 unspecified atom stereocenters. The minimum absolute atomic E-state index is 0.103. The molecule has 8 nitrogen and oxygen atoms in total. The van der Waals surface area contributed by atoms with Crippen molar-refractivity contribution >= 4 is 27.0 Å². The second kappa shape index (κ2) is 8.87. The molecule has 0 saturated carbocycles. The van der Waals surface area contributed by atoms with E-state index in [4.69, 9.17) is 14.0 Å². The third-order valence-electron chi connectivity index (χ3n) is 5.11. The van der Waals surface area contributed by atoms with E-state index in [0.717, 1.165) is 11.1 Å². The number of methoxy groups -OCH3 is 2. The average Bonchev–Trinajstić information content (AvgIpc) is 3.47. The van der Waals surface area contributed by atoms with Crippen molar-refractivity contribution in [1.29, 1.82) is 0 Å². The predicted octanol–water partition coefficient (Wildman–Crippen LogP) is 4.92. The average molecular weight is 486 g/mol. The Kier molecular flexibility index (Phi) is 6.13. The van der Waals surface area contributed by atoms with Crippen molar-refractivity contribution in [2.75, 3.05) is 25.6 Å². The number of sulfonamides is 1. The number of benzene rings is 2. The van der Waals surface area contributed by atoms with Gasteiger partial charge in [0.1, 0.15) is 21.3 Å². The van der Waals surface area contributed by atoms with E-state index >= 15 is 0 Å². The van der Waals surface area contributed by atoms with Crippen molar-refractivity contribution in [3.8, 4) is 33.7 Å². The summed E-state index contributed by atoms with van der Waals surface area (Å²) in [6, 6.07) is 12.4. The van der Waals surface area contributed by atoms with E-state index < -0.39 is 10.0 Å². The lowest BCUT2D eigenvalue weighted by atomic mass is 10.1. The van der Waals surface area contributed by atoms with Crippen LogP contribution in [0.25, 0.3) is 22.2 Å². The fourth-order valence-electron chi connectivity index (χ4n) is 3.48. The zero-order valence-electron chi connectivity index (χ0n) is 18.8. The van der Waals surface area contributed by atoms with Gasteiger partial charge in [0, 0.05) is 13.1 Å². The Bertz CT molecular complexity index is 1390. The second-order valence-corrected chi connectivity index (χ2v) is 10.3. The monoisotopic (exact) mass is 485 g/mol.